The van der Waals surface area contributed by atoms with Gasteiger partial charge in [0.15, 0.2) is 0 Å². The Labute approximate surface area is 104 Å². The van der Waals surface area contributed by atoms with E-state index in [9.17, 15) is 0 Å². The van der Waals surface area contributed by atoms with E-state index in [1.165, 1.54) is 0 Å². The monoisotopic (exact) mass is 286 g/mol. The number of pyridine rings is 1. The van der Waals surface area contributed by atoms with Crippen LogP contribution < -0.4 is 4.74 Å². The molecule has 1 N–H and O–H groups in total. The molecule has 0 aliphatic carbocycles. The van der Waals surface area contributed by atoms with Crippen LogP contribution in [0, 0.1) is 6.92 Å². The van der Waals surface area contributed by atoms with Crippen molar-refractivity contribution in [2.45, 2.75) is 26.9 Å². The Bertz CT molecular complexity index is 394. The predicted octanol–water partition coefficient (Wildman–Crippen LogP) is 2.63. The van der Waals surface area contributed by atoms with Crippen molar-refractivity contribution in [2.24, 2.45) is 4.99 Å². The molecule has 0 amide bonds. The smallest absolute Gasteiger partial charge is 0.228 e. The van der Waals surface area contributed by atoms with Crippen LogP contribution in [-0.2, 0) is 0 Å². The van der Waals surface area contributed by atoms with Crippen LogP contribution in [0.1, 0.15) is 19.5 Å². The molecule has 0 saturated carbocycles. The molecule has 0 aromatic carbocycles. The number of hydrogen-bond donors (Lipinski definition) is 1. The van der Waals surface area contributed by atoms with E-state index in [0.29, 0.717) is 5.88 Å². The molecule has 0 fully saturated rings. The number of aliphatic hydroxyl groups excluding tert-OH is 1. The Kier molecular flexibility index (Phi) is 4.89. The topological polar surface area (TPSA) is 54.7 Å². The van der Waals surface area contributed by atoms with Gasteiger partial charge in [0, 0.05) is 6.21 Å². The molecule has 1 atom stereocenters. The van der Waals surface area contributed by atoms with Gasteiger partial charge in [0.05, 0.1) is 22.5 Å². The number of aryl methyl sites for hydroxylation is 1. The Morgan fingerprint density at radius 2 is 2.38 bits per heavy atom. The maximum Gasteiger partial charge on any atom is 0.228 e. The molecule has 1 unspecified atom stereocenters. The van der Waals surface area contributed by atoms with E-state index in [0.717, 1.165) is 15.9 Å². The number of aliphatic imine (C=N–C) groups is 1. The van der Waals surface area contributed by atoms with Crippen LogP contribution in [0.5, 0.6) is 5.88 Å². The van der Waals surface area contributed by atoms with Crippen molar-refractivity contribution in [2.75, 3.05) is 6.61 Å². The largest absolute Gasteiger partial charge is 0.471 e. The average molecular weight is 287 g/mol. The fourth-order valence-electron chi connectivity index (χ4n) is 1.13. The van der Waals surface area contributed by atoms with Gasteiger partial charge in [-0.2, -0.15) is 0 Å². The van der Waals surface area contributed by atoms with E-state index in [2.05, 4.69) is 25.9 Å². The van der Waals surface area contributed by atoms with Crippen LogP contribution in [-0.4, -0.2) is 29.0 Å². The quantitative estimate of drug-likeness (QED) is 0.866. The molecular formula is C11H15BrN2O2. The molecule has 1 rings (SSSR count). The van der Waals surface area contributed by atoms with Crippen molar-refractivity contribution in [1.29, 1.82) is 0 Å². The lowest BCUT2D eigenvalue weighted by molar-refractivity contribution is 0.124. The molecule has 0 saturated heterocycles. The Balaban J connectivity index is 3.00. The third kappa shape index (κ3) is 3.28. The summed E-state index contributed by atoms with van der Waals surface area (Å²) in [5, 5.41) is 8.90. The lowest BCUT2D eigenvalue weighted by atomic mass is 10.3. The fourth-order valence-corrected chi connectivity index (χ4v) is 1.53. The van der Waals surface area contributed by atoms with Crippen molar-refractivity contribution in [3.05, 3.63) is 16.2 Å². The molecule has 4 nitrogen and oxygen atoms in total. The molecule has 0 bridgehead atoms. The second kappa shape index (κ2) is 5.96. The van der Waals surface area contributed by atoms with Crippen molar-refractivity contribution in [3.63, 3.8) is 0 Å². The van der Waals surface area contributed by atoms with E-state index >= 15 is 0 Å². The van der Waals surface area contributed by atoms with E-state index in [1.807, 2.05) is 19.9 Å². The molecular weight excluding hydrogens is 272 g/mol. The number of ether oxygens (including phenoxy) is 1. The van der Waals surface area contributed by atoms with Gasteiger partial charge < -0.3 is 9.84 Å². The van der Waals surface area contributed by atoms with E-state index in [-0.39, 0.29) is 12.7 Å². The summed E-state index contributed by atoms with van der Waals surface area (Å²) < 4.78 is 6.18. The zero-order valence-corrected chi connectivity index (χ0v) is 11.2. The van der Waals surface area contributed by atoms with Crippen LogP contribution >= 0.6 is 15.9 Å². The summed E-state index contributed by atoms with van der Waals surface area (Å²) in [5.41, 5.74) is 1.60. The van der Waals surface area contributed by atoms with Gasteiger partial charge in [-0.1, -0.05) is 0 Å². The van der Waals surface area contributed by atoms with Gasteiger partial charge in [-0.05, 0) is 42.8 Å². The van der Waals surface area contributed by atoms with Crippen LogP contribution in [0.3, 0.4) is 0 Å². The van der Waals surface area contributed by atoms with E-state index in [4.69, 9.17) is 9.84 Å². The molecule has 88 valence electrons. The van der Waals surface area contributed by atoms with Gasteiger partial charge in [-0.3, -0.25) is 4.99 Å². The van der Waals surface area contributed by atoms with Crippen LogP contribution in [0.25, 0.3) is 0 Å². The number of aromatic nitrogens is 1. The maximum atomic E-state index is 8.90. The first-order valence-corrected chi connectivity index (χ1v) is 5.81. The molecule has 1 aromatic heterocycles. The van der Waals surface area contributed by atoms with Gasteiger partial charge >= 0.3 is 0 Å². The zero-order valence-electron chi connectivity index (χ0n) is 9.57. The first-order valence-electron chi connectivity index (χ1n) is 5.01. The first kappa shape index (κ1) is 13.1. The molecule has 0 spiro atoms. The van der Waals surface area contributed by atoms with Crippen LogP contribution in [0.2, 0.25) is 0 Å². The van der Waals surface area contributed by atoms with Gasteiger partial charge in [-0.15, -0.1) is 0 Å². The third-order valence-electron chi connectivity index (χ3n) is 1.95. The Morgan fingerprint density at radius 1 is 1.69 bits per heavy atom. The molecule has 0 aliphatic rings. The molecule has 16 heavy (non-hydrogen) atoms. The average Bonchev–Trinajstić information content (AvgIpc) is 2.25. The molecule has 0 aliphatic heterocycles. The molecule has 0 radical (unpaired) electrons. The first-order chi connectivity index (χ1) is 7.58. The minimum absolute atomic E-state index is 0.0397. The number of nitrogens with zero attached hydrogens (tertiary/aromatic N) is 2. The van der Waals surface area contributed by atoms with Crippen molar-refractivity contribution >= 4 is 27.8 Å². The number of aliphatic hydroxyl groups is 1. The van der Waals surface area contributed by atoms with Gasteiger partial charge in [0.2, 0.25) is 5.88 Å². The van der Waals surface area contributed by atoms with E-state index < -0.39 is 0 Å². The summed E-state index contributed by atoms with van der Waals surface area (Å²) in [7, 11) is 0. The lowest BCUT2D eigenvalue weighted by Gasteiger charge is -2.13. The second-order valence-corrected chi connectivity index (χ2v) is 4.23. The second-order valence-electron chi connectivity index (χ2n) is 3.38. The lowest BCUT2D eigenvalue weighted by Crippen LogP contribution is -2.17. The summed E-state index contributed by atoms with van der Waals surface area (Å²) >= 11 is 3.37. The molecule has 1 aromatic rings. The number of halogens is 1. The highest BCUT2D eigenvalue weighted by atomic mass is 79.9. The Hall–Kier alpha value is -0.940. The fraction of sp³-hybridized carbons (Fsp3) is 0.455. The number of rotatable bonds is 4. The highest BCUT2D eigenvalue weighted by Crippen LogP contribution is 2.30. The summed E-state index contributed by atoms with van der Waals surface area (Å²) in [4.78, 5) is 8.47. The zero-order chi connectivity index (χ0) is 12.1. The van der Waals surface area contributed by atoms with Crippen molar-refractivity contribution < 1.29 is 9.84 Å². The van der Waals surface area contributed by atoms with Gasteiger partial charge in [0.1, 0.15) is 6.10 Å². The van der Waals surface area contributed by atoms with Crippen LogP contribution in [0.15, 0.2) is 15.5 Å². The summed E-state index contributed by atoms with van der Waals surface area (Å²) in [5.74, 6) is 0.481. The molecule has 5 heteroatoms. The normalized spacial score (nSPS) is 13.1. The van der Waals surface area contributed by atoms with Gasteiger partial charge in [-0.25, -0.2) is 4.98 Å². The van der Waals surface area contributed by atoms with Crippen molar-refractivity contribution in [1.82, 2.24) is 4.98 Å². The highest BCUT2D eigenvalue weighted by molar-refractivity contribution is 9.10. The maximum absolute atomic E-state index is 8.90. The SMILES string of the molecule is CC=Nc1cc(Br)c(OC(C)CO)nc1C. The third-order valence-corrected chi connectivity index (χ3v) is 2.51. The van der Waals surface area contributed by atoms with E-state index in [1.54, 1.807) is 13.1 Å². The van der Waals surface area contributed by atoms with Crippen molar-refractivity contribution in [3.8, 4) is 5.88 Å². The highest BCUT2D eigenvalue weighted by Gasteiger charge is 2.10. The summed E-state index contributed by atoms with van der Waals surface area (Å²) in [6.45, 7) is 5.46. The predicted molar refractivity (Wildman–Crippen MR) is 67.7 cm³/mol. The minimum atomic E-state index is -0.274. The molecule has 1 heterocycles. The minimum Gasteiger partial charge on any atom is -0.471 e. The van der Waals surface area contributed by atoms with Crippen LogP contribution in [0.4, 0.5) is 5.69 Å². The summed E-state index contributed by atoms with van der Waals surface area (Å²) in [6.07, 6.45) is 1.44. The number of hydrogen-bond acceptors (Lipinski definition) is 4. The van der Waals surface area contributed by atoms with Gasteiger partial charge in [0.25, 0.3) is 0 Å². The summed E-state index contributed by atoms with van der Waals surface area (Å²) in [6, 6.07) is 1.85. The standard InChI is InChI=1S/C11H15BrN2O2/c1-4-13-10-5-9(12)11(14-8(10)3)16-7(2)6-15/h4-5,7,15H,6H2,1-3H3. The Morgan fingerprint density at radius 3 is 2.94 bits per heavy atom.